The molecule has 2 aliphatic heterocycles. The van der Waals surface area contributed by atoms with Crippen LogP contribution in [0.1, 0.15) is 47.8 Å². The number of aliphatic carboxylic acids is 1. The van der Waals surface area contributed by atoms with Gasteiger partial charge in [0.15, 0.2) is 11.5 Å². The highest BCUT2D eigenvalue weighted by atomic mass is 32.1. The Kier molecular flexibility index (Phi) is 6.97. The van der Waals surface area contributed by atoms with Gasteiger partial charge in [0.1, 0.15) is 5.75 Å². The third-order valence-corrected chi connectivity index (χ3v) is 7.64. The Morgan fingerprint density at radius 1 is 1.18 bits per heavy atom. The molecule has 2 fully saturated rings. The fourth-order valence-corrected chi connectivity index (χ4v) is 6.09. The number of nitrogens with zero attached hydrogens (tertiary/aromatic N) is 1. The number of piperidine rings is 1. The normalized spacial score (nSPS) is 21.2. The maximum Gasteiger partial charge on any atom is 0.410 e. The van der Waals surface area contributed by atoms with Gasteiger partial charge in [-0.25, -0.2) is 14.4 Å². The number of fused-ring (bicyclic) bond motifs is 2. The van der Waals surface area contributed by atoms with Crippen molar-refractivity contribution in [1.82, 2.24) is 4.90 Å². The van der Waals surface area contributed by atoms with Gasteiger partial charge in [-0.3, -0.25) is 0 Å². The third-order valence-electron chi connectivity index (χ3n) is 6.33. The Morgan fingerprint density at radius 2 is 1.88 bits per heavy atom. The quantitative estimate of drug-likeness (QED) is 0.498. The Bertz CT molecular complexity index is 1080. The summed E-state index contributed by atoms with van der Waals surface area (Å²) < 4.78 is 10.5. The van der Waals surface area contributed by atoms with Gasteiger partial charge in [-0.2, -0.15) is 0 Å². The van der Waals surface area contributed by atoms with E-state index in [1.807, 2.05) is 36.1 Å². The number of aromatic carboxylic acids is 1. The highest BCUT2D eigenvalue weighted by Gasteiger charge is 2.44. The molecule has 1 aromatic carbocycles. The van der Waals surface area contributed by atoms with Crippen molar-refractivity contribution in [3.63, 3.8) is 0 Å². The molecule has 1 aromatic heterocycles. The van der Waals surface area contributed by atoms with Crippen LogP contribution in [0.3, 0.4) is 0 Å². The summed E-state index contributed by atoms with van der Waals surface area (Å²) in [7, 11) is 0. The minimum atomic E-state index is -1.17. The van der Waals surface area contributed by atoms with Crippen LogP contribution in [-0.2, 0) is 9.53 Å². The number of hydrogen-bond donors (Lipinski definition) is 3. The molecule has 10 heteroatoms. The fraction of sp³-hybridized carbons (Fsp3) is 0.458. The van der Waals surface area contributed by atoms with Crippen molar-refractivity contribution < 1.29 is 34.1 Å². The highest BCUT2D eigenvalue weighted by Crippen LogP contribution is 2.42. The molecule has 0 radical (unpaired) electrons. The molecular formula is C24H28N2O7S. The van der Waals surface area contributed by atoms with Crippen LogP contribution in [0.5, 0.6) is 5.75 Å². The van der Waals surface area contributed by atoms with Crippen molar-refractivity contribution >= 4 is 35.1 Å². The SMILES string of the molecule is CCOC(=O)N1C2CCC1CC(Nc1cccc(-c3sc(C(=O)O)c(OCC(=O)O)c3C)c1)C2. The van der Waals surface area contributed by atoms with Crippen LogP contribution >= 0.6 is 11.3 Å². The predicted octanol–water partition coefficient (Wildman–Crippen LogP) is 4.45. The summed E-state index contributed by atoms with van der Waals surface area (Å²) in [5, 5.41) is 22.1. The van der Waals surface area contributed by atoms with E-state index < -0.39 is 18.5 Å². The van der Waals surface area contributed by atoms with Crippen LogP contribution in [-0.4, -0.2) is 64.5 Å². The van der Waals surface area contributed by atoms with Crippen LogP contribution < -0.4 is 10.1 Å². The highest BCUT2D eigenvalue weighted by molar-refractivity contribution is 7.18. The second kappa shape index (κ2) is 9.92. The Hall–Kier alpha value is -3.27. The van der Waals surface area contributed by atoms with Gasteiger partial charge >= 0.3 is 18.0 Å². The molecule has 2 atom stereocenters. The van der Waals surface area contributed by atoms with Crippen LogP contribution in [0.4, 0.5) is 10.5 Å². The number of thiophene rings is 1. The largest absolute Gasteiger partial charge is 0.480 e. The summed E-state index contributed by atoms with van der Waals surface area (Å²) in [6.07, 6.45) is 3.42. The van der Waals surface area contributed by atoms with Gasteiger partial charge in [0.05, 0.1) is 6.61 Å². The molecule has 2 aromatic rings. The number of amides is 1. The Labute approximate surface area is 201 Å². The maximum atomic E-state index is 12.3. The molecule has 182 valence electrons. The van der Waals surface area contributed by atoms with Crippen molar-refractivity contribution in [2.24, 2.45) is 0 Å². The van der Waals surface area contributed by atoms with Gasteiger partial charge in [0, 0.05) is 34.3 Å². The zero-order valence-electron chi connectivity index (χ0n) is 19.1. The van der Waals surface area contributed by atoms with E-state index in [-0.39, 0.29) is 34.8 Å². The van der Waals surface area contributed by atoms with Crippen molar-refractivity contribution in [2.75, 3.05) is 18.5 Å². The summed E-state index contributed by atoms with van der Waals surface area (Å²) >= 11 is 1.07. The standard InChI is InChI=1S/C24H28N2O7S/c1-3-32-24(31)26-17-7-8-18(26)11-16(10-17)25-15-6-4-5-14(9-15)21-13(2)20(33-12-19(27)28)22(34-21)23(29)30/h4-6,9,16-18,25H,3,7-8,10-12H2,1-2H3,(H,27,28)(H,29,30). The van der Waals surface area contributed by atoms with Crippen molar-refractivity contribution in [3.05, 3.63) is 34.7 Å². The topological polar surface area (TPSA) is 125 Å². The first-order valence-corrected chi connectivity index (χ1v) is 12.1. The van der Waals surface area contributed by atoms with E-state index in [9.17, 15) is 19.5 Å². The number of carbonyl (C=O) groups is 3. The minimum Gasteiger partial charge on any atom is -0.480 e. The second-order valence-electron chi connectivity index (χ2n) is 8.59. The van der Waals surface area contributed by atoms with Crippen molar-refractivity contribution in [2.45, 2.75) is 57.7 Å². The molecule has 4 rings (SSSR count). The third kappa shape index (κ3) is 4.82. The zero-order valence-corrected chi connectivity index (χ0v) is 19.9. The van der Waals surface area contributed by atoms with E-state index >= 15 is 0 Å². The zero-order chi connectivity index (χ0) is 24.4. The molecule has 3 N–H and O–H groups in total. The Balaban J connectivity index is 1.51. The number of benzene rings is 1. The van der Waals surface area contributed by atoms with E-state index in [4.69, 9.17) is 14.6 Å². The first kappa shape index (κ1) is 23.9. The molecule has 9 nitrogen and oxygen atoms in total. The summed E-state index contributed by atoms with van der Waals surface area (Å²) in [4.78, 5) is 37.5. The number of carboxylic acids is 2. The summed E-state index contributed by atoms with van der Waals surface area (Å²) in [6.45, 7) is 3.32. The predicted molar refractivity (Wildman–Crippen MR) is 127 cm³/mol. The first-order chi connectivity index (χ1) is 16.3. The van der Waals surface area contributed by atoms with Gasteiger partial charge in [0.2, 0.25) is 0 Å². The van der Waals surface area contributed by atoms with Crippen LogP contribution in [0.25, 0.3) is 10.4 Å². The lowest BCUT2D eigenvalue weighted by molar-refractivity contribution is -0.139. The average Bonchev–Trinajstić information content (AvgIpc) is 3.26. The molecule has 2 unspecified atom stereocenters. The van der Waals surface area contributed by atoms with E-state index in [1.165, 1.54) is 0 Å². The number of hydrogen-bond acceptors (Lipinski definition) is 7. The lowest BCUT2D eigenvalue weighted by atomic mass is 9.97. The fourth-order valence-electron chi connectivity index (χ4n) is 5.00. The van der Waals surface area contributed by atoms with Gasteiger partial charge in [-0.1, -0.05) is 12.1 Å². The average molecular weight is 489 g/mol. The first-order valence-electron chi connectivity index (χ1n) is 11.3. The van der Waals surface area contributed by atoms with E-state index in [0.29, 0.717) is 12.2 Å². The molecule has 3 heterocycles. The van der Waals surface area contributed by atoms with E-state index in [0.717, 1.165) is 53.1 Å². The van der Waals surface area contributed by atoms with Gasteiger partial charge in [-0.15, -0.1) is 11.3 Å². The number of ether oxygens (including phenoxy) is 2. The molecule has 34 heavy (non-hydrogen) atoms. The van der Waals surface area contributed by atoms with Gasteiger partial charge in [-0.05, 0) is 57.2 Å². The van der Waals surface area contributed by atoms with Gasteiger partial charge in [0.25, 0.3) is 0 Å². The van der Waals surface area contributed by atoms with Gasteiger partial charge < -0.3 is 29.9 Å². The molecule has 1 amide bonds. The molecule has 0 spiro atoms. The summed E-state index contributed by atoms with van der Waals surface area (Å²) in [5.74, 6) is -2.23. The monoisotopic (exact) mass is 488 g/mol. The summed E-state index contributed by atoms with van der Waals surface area (Å²) in [6, 6.07) is 8.28. The number of nitrogens with one attached hydrogen (secondary N) is 1. The Morgan fingerprint density at radius 3 is 2.50 bits per heavy atom. The van der Waals surface area contributed by atoms with Crippen LogP contribution in [0, 0.1) is 6.92 Å². The molecule has 2 bridgehead atoms. The van der Waals surface area contributed by atoms with E-state index in [1.54, 1.807) is 6.92 Å². The molecule has 2 saturated heterocycles. The number of carboxylic acid groups (broad SMARTS) is 2. The minimum absolute atomic E-state index is 0.0185. The van der Waals surface area contributed by atoms with Crippen LogP contribution in [0.15, 0.2) is 24.3 Å². The number of carbonyl (C=O) groups excluding carboxylic acids is 1. The smallest absolute Gasteiger partial charge is 0.410 e. The number of anilines is 1. The molecular weight excluding hydrogens is 460 g/mol. The molecule has 2 aliphatic rings. The molecule has 0 saturated carbocycles. The maximum absolute atomic E-state index is 12.3. The summed E-state index contributed by atoms with van der Waals surface area (Å²) in [5.41, 5.74) is 2.33. The van der Waals surface area contributed by atoms with Crippen LogP contribution in [0.2, 0.25) is 0 Å². The molecule has 0 aliphatic carbocycles. The lowest BCUT2D eigenvalue weighted by Crippen LogP contribution is -2.49. The second-order valence-corrected chi connectivity index (χ2v) is 9.61. The lowest BCUT2D eigenvalue weighted by Gasteiger charge is -2.38. The van der Waals surface area contributed by atoms with Crippen molar-refractivity contribution in [1.29, 1.82) is 0 Å². The van der Waals surface area contributed by atoms with E-state index in [2.05, 4.69) is 5.32 Å². The van der Waals surface area contributed by atoms with Crippen molar-refractivity contribution in [3.8, 4) is 16.2 Å². The number of rotatable bonds is 8.